The first kappa shape index (κ1) is 27.3. The minimum atomic E-state index is -4.65. The maximum absolute atomic E-state index is 13.0. The molecule has 0 spiro atoms. The number of carbonyl (C=O) groups excluding carboxylic acids is 1. The van der Waals surface area contributed by atoms with E-state index in [-0.39, 0.29) is 5.88 Å². The molecule has 32 heavy (non-hydrogen) atoms. The van der Waals surface area contributed by atoms with Crippen LogP contribution >= 0.6 is 0 Å². The zero-order valence-corrected chi connectivity index (χ0v) is 18.4. The van der Waals surface area contributed by atoms with Gasteiger partial charge in [0.1, 0.15) is 0 Å². The molecule has 1 N–H and O–H groups in total. The highest BCUT2D eigenvalue weighted by molar-refractivity contribution is 5.85. The lowest BCUT2D eigenvalue weighted by atomic mass is 9.92. The van der Waals surface area contributed by atoms with E-state index < -0.39 is 47.0 Å². The summed E-state index contributed by atoms with van der Waals surface area (Å²) < 4.78 is 82.0. The van der Waals surface area contributed by atoms with Crippen LogP contribution < -0.4 is 5.32 Å². The van der Waals surface area contributed by atoms with Crippen molar-refractivity contribution in [1.29, 1.82) is 0 Å². The third kappa shape index (κ3) is 7.72. The third-order valence-electron chi connectivity index (χ3n) is 4.71. The van der Waals surface area contributed by atoms with Gasteiger partial charge in [-0.05, 0) is 45.4 Å². The Labute approximate surface area is 183 Å². The molecule has 10 heteroatoms. The molecule has 178 valence electrons. The summed E-state index contributed by atoms with van der Waals surface area (Å²) in [6.07, 6.45) is -7.37. The second-order valence-corrected chi connectivity index (χ2v) is 7.69. The average Bonchev–Trinajstić information content (AvgIpc) is 2.68. The summed E-state index contributed by atoms with van der Waals surface area (Å²) in [4.78, 5) is 16.3. The van der Waals surface area contributed by atoms with Gasteiger partial charge in [-0.25, -0.2) is 4.99 Å². The molecule has 1 rings (SSSR count). The predicted molar refractivity (Wildman–Crippen MR) is 110 cm³/mol. The predicted octanol–water partition coefficient (Wildman–Crippen LogP) is 6.16. The molecule has 0 bridgehead atoms. The Morgan fingerprint density at radius 1 is 1.16 bits per heavy atom. The number of ether oxygens (including phenoxy) is 1. The lowest BCUT2D eigenvalue weighted by Gasteiger charge is -2.29. The summed E-state index contributed by atoms with van der Waals surface area (Å²) in [5.74, 6) is -1.31. The van der Waals surface area contributed by atoms with E-state index in [0.29, 0.717) is 11.8 Å². The number of carbonyl (C=O) groups is 1. The maximum atomic E-state index is 13.0. The van der Waals surface area contributed by atoms with E-state index in [1.807, 2.05) is 0 Å². The van der Waals surface area contributed by atoms with E-state index in [0.717, 1.165) is 12.1 Å². The van der Waals surface area contributed by atoms with Gasteiger partial charge in [-0.1, -0.05) is 31.7 Å². The fourth-order valence-corrected chi connectivity index (χ4v) is 2.47. The van der Waals surface area contributed by atoms with Crippen molar-refractivity contribution in [1.82, 2.24) is 5.32 Å². The van der Waals surface area contributed by atoms with Crippen LogP contribution in [0.1, 0.15) is 51.7 Å². The quantitative estimate of drug-likeness (QED) is 0.285. The van der Waals surface area contributed by atoms with Crippen LogP contribution in [0.2, 0.25) is 0 Å². The van der Waals surface area contributed by atoms with Gasteiger partial charge in [0.25, 0.3) is 5.91 Å². The monoisotopic (exact) mass is 464 g/mol. The van der Waals surface area contributed by atoms with Crippen LogP contribution in [0, 0.1) is 0 Å². The standard InChI is InChI=1S/C22H26F6N2O2/c1-7-18(29-12-13(2)21(23,24)25)32-20(5,6)19(31)30-15(4)14(3)16-9-8-10-17(11-16)22(26,27)28/h7-12,14-15H,2H2,1,3-6H3,(H,30,31)/b18-7+,29-12-. The Morgan fingerprint density at radius 3 is 2.25 bits per heavy atom. The lowest BCUT2D eigenvalue weighted by molar-refractivity contribution is -0.139. The molecule has 1 aromatic rings. The van der Waals surface area contributed by atoms with E-state index in [9.17, 15) is 31.1 Å². The Morgan fingerprint density at radius 2 is 1.75 bits per heavy atom. The van der Waals surface area contributed by atoms with Gasteiger partial charge in [0.15, 0.2) is 5.60 Å². The first-order valence-corrected chi connectivity index (χ1v) is 9.62. The SMILES string of the molecule is C=C(/C=N\C(=C/C)OC(C)(C)C(=O)NC(C)C(C)c1cccc(C(F)(F)F)c1)C(F)(F)F. The van der Waals surface area contributed by atoms with Crippen molar-refractivity contribution in [2.24, 2.45) is 4.99 Å². The van der Waals surface area contributed by atoms with E-state index in [1.54, 1.807) is 13.8 Å². The molecule has 0 aliphatic heterocycles. The summed E-state index contributed by atoms with van der Waals surface area (Å²) in [6.45, 7) is 10.4. The molecule has 0 saturated carbocycles. The van der Waals surface area contributed by atoms with Gasteiger partial charge in [0, 0.05) is 18.2 Å². The molecule has 0 radical (unpaired) electrons. The van der Waals surface area contributed by atoms with Gasteiger partial charge in [0.05, 0.1) is 11.1 Å². The first-order chi connectivity index (χ1) is 14.5. The van der Waals surface area contributed by atoms with E-state index in [4.69, 9.17) is 4.74 Å². The van der Waals surface area contributed by atoms with E-state index in [2.05, 4.69) is 16.9 Å². The highest BCUT2D eigenvalue weighted by Gasteiger charge is 2.34. The summed E-state index contributed by atoms with van der Waals surface area (Å²) in [7, 11) is 0. The summed E-state index contributed by atoms with van der Waals surface area (Å²) in [5.41, 5.74) is -3.12. The molecule has 2 unspecified atom stereocenters. The van der Waals surface area contributed by atoms with Crippen molar-refractivity contribution in [3.05, 3.63) is 59.5 Å². The summed E-state index contributed by atoms with van der Waals surface area (Å²) in [6, 6.07) is 4.24. The molecule has 2 atom stereocenters. The normalized spacial score (nSPS) is 15.4. The average molecular weight is 464 g/mol. The number of amides is 1. The minimum absolute atomic E-state index is 0.228. The molecule has 0 aliphatic rings. The van der Waals surface area contributed by atoms with Crippen LogP contribution in [0.15, 0.2) is 53.4 Å². The van der Waals surface area contributed by atoms with E-state index in [1.165, 1.54) is 39.0 Å². The van der Waals surface area contributed by atoms with Gasteiger partial charge in [-0.2, -0.15) is 26.3 Å². The van der Waals surface area contributed by atoms with Crippen molar-refractivity contribution in [2.75, 3.05) is 0 Å². The molecule has 4 nitrogen and oxygen atoms in total. The van der Waals surface area contributed by atoms with Gasteiger partial charge in [-0.15, -0.1) is 0 Å². The maximum Gasteiger partial charge on any atom is 0.417 e. The van der Waals surface area contributed by atoms with Crippen molar-refractivity contribution < 1.29 is 35.9 Å². The molecule has 1 amide bonds. The van der Waals surface area contributed by atoms with Gasteiger partial charge < -0.3 is 10.1 Å². The number of allylic oxidation sites excluding steroid dienone is 2. The molecule has 0 fully saturated rings. The Kier molecular flexibility index (Phi) is 8.71. The molecule has 0 heterocycles. The Hall–Kier alpha value is -2.78. The van der Waals surface area contributed by atoms with Gasteiger partial charge in [-0.3, -0.25) is 4.79 Å². The number of aliphatic imine (C=N–C) groups is 1. The van der Waals surface area contributed by atoms with Crippen LogP contribution in [0.25, 0.3) is 0 Å². The fourth-order valence-electron chi connectivity index (χ4n) is 2.47. The Balaban J connectivity index is 2.88. The second-order valence-electron chi connectivity index (χ2n) is 7.69. The molecular formula is C22H26F6N2O2. The number of nitrogens with one attached hydrogen (secondary N) is 1. The third-order valence-corrected chi connectivity index (χ3v) is 4.71. The number of hydrogen-bond donors (Lipinski definition) is 1. The summed E-state index contributed by atoms with van der Waals surface area (Å²) in [5, 5.41) is 2.67. The number of benzene rings is 1. The highest BCUT2D eigenvalue weighted by Crippen LogP contribution is 2.32. The fraction of sp³-hybridized carbons (Fsp3) is 0.455. The number of alkyl halides is 6. The number of nitrogens with zero attached hydrogens (tertiary/aromatic N) is 1. The number of hydrogen-bond acceptors (Lipinski definition) is 3. The molecule has 0 aliphatic carbocycles. The van der Waals surface area contributed by atoms with Crippen LogP contribution in [0.4, 0.5) is 26.3 Å². The van der Waals surface area contributed by atoms with Gasteiger partial charge in [0.2, 0.25) is 5.88 Å². The first-order valence-electron chi connectivity index (χ1n) is 9.62. The molecule has 1 aromatic carbocycles. The van der Waals surface area contributed by atoms with Gasteiger partial charge >= 0.3 is 12.4 Å². The van der Waals surface area contributed by atoms with Crippen LogP contribution in [0.3, 0.4) is 0 Å². The highest BCUT2D eigenvalue weighted by atomic mass is 19.4. The second kappa shape index (κ2) is 10.2. The van der Waals surface area contributed by atoms with Crippen molar-refractivity contribution in [3.8, 4) is 0 Å². The zero-order valence-electron chi connectivity index (χ0n) is 18.4. The molecular weight excluding hydrogens is 438 g/mol. The molecule has 0 saturated heterocycles. The summed E-state index contributed by atoms with van der Waals surface area (Å²) >= 11 is 0. The number of rotatable bonds is 8. The van der Waals surface area contributed by atoms with Crippen LogP contribution in [-0.2, 0) is 15.7 Å². The topological polar surface area (TPSA) is 50.7 Å². The van der Waals surface area contributed by atoms with Crippen LogP contribution in [0.5, 0.6) is 0 Å². The number of halogens is 6. The Bertz CT molecular complexity index is 885. The van der Waals surface area contributed by atoms with Crippen LogP contribution in [-0.4, -0.2) is 29.9 Å². The van der Waals surface area contributed by atoms with Crippen molar-refractivity contribution >= 4 is 12.1 Å². The minimum Gasteiger partial charge on any atom is -0.462 e. The van der Waals surface area contributed by atoms with E-state index >= 15 is 0 Å². The largest absolute Gasteiger partial charge is 0.462 e. The molecule has 0 aromatic heterocycles. The van der Waals surface area contributed by atoms with Crippen molar-refractivity contribution in [2.45, 2.75) is 64.5 Å². The van der Waals surface area contributed by atoms with Crippen molar-refractivity contribution in [3.63, 3.8) is 0 Å². The lowest BCUT2D eigenvalue weighted by Crippen LogP contribution is -2.48. The zero-order chi connectivity index (χ0) is 24.9. The smallest absolute Gasteiger partial charge is 0.417 e.